The minimum absolute atomic E-state index is 0.502. The minimum atomic E-state index is 0.502. The van der Waals surface area contributed by atoms with Gasteiger partial charge in [-0.15, -0.1) is 0 Å². The first kappa shape index (κ1) is 23.2. The number of hydrogen-bond donors (Lipinski definition) is 0. The van der Waals surface area contributed by atoms with E-state index in [1.807, 2.05) is 0 Å². The normalized spacial score (nSPS) is 13.1. The molecule has 0 amide bonds. The summed E-state index contributed by atoms with van der Waals surface area (Å²) in [5.41, 5.74) is 0.502. The van der Waals surface area contributed by atoms with Crippen molar-refractivity contribution in [3.8, 4) is 0 Å². The maximum atomic E-state index is 3.46. The van der Waals surface area contributed by atoms with Crippen molar-refractivity contribution in [1.29, 1.82) is 0 Å². The van der Waals surface area contributed by atoms with Gasteiger partial charge in [0, 0.05) is 10.7 Å². The van der Waals surface area contributed by atoms with Crippen molar-refractivity contribution in [3.63, 3.8) is 0 Å². The molecule has 0 spiro atoms. The standard InChI is InChI=1S/2C9H19Br/c1-8(5-6-10)7-9(2,3)4;1-9(2)7-5-3-4-6-8-10/h8H,5-7H2,1-4H3;9H,3-8H2,1-2H3. The van der Waals surface area contributed by atoms with Gasteiger partial charge in [-0.1, -0.05) is 99.1 Å². The van der Waals surface area contributed by atoms with Crippen molar-refractivity contribution in [2.45, 2.75) is 86.5 Å². The third kappa shape index (κ3) is 24.0. The first-order valence-electron chi connectivity index (χ1n) is 8.34. The van der Waals surface area contributed by atoms with Gasteiger partial charge in [-0.25, -0.2) is 0 Å². The molecule has 0 aliphatic rings. The van der Waals surface area contributed by atoms with E-state index in [9.17, 15) is 0 Å². The smallest absolute Gasteiger partial charge is 0.00338 e. The van der Waals surface area contributed by atoms with Crippen LogP contribution < -0.4 is 0 Å². The van der Waals surface area contributed by atoms with Crippen molar-refractivity contribution in [2.24, 2.45) is 17.3 Å². The Kier molecular flexibility index (Phi) is 17.3. The molecule has 2 heteroatoms. The molecule has 1 atom stereocenters. The molecular weight excluding hydrogens is 376 g/mol. The van der Waals surface area contributed by atoms with Gasteiger partial charge < -0.3 is 0 Å². The summed E-state index contributed by atoms with van der Waals surface area (Å²) < 4.78 is 0. The van der Waals surface area contributed by atoms with Crippen LogP contribution in [0.4, 0.5) is 0 Å². The van der Waals surface area contributed by atoms with Crippen molar-refractivity contribution >= 4 is 31.9 Å². The topological polar surface area (TPSA) is 0 Å². The van der Waals surface area contributed by atoms with Crippen molar-refractivity contribution in [2.75, 3.05) is 10.7 Å². The lowest BCUT2D eigenvalue weighted by molar-refractivity contribution is 0.304. The largest absolute Gasteiger partial charge is 0.0928 e. The molecule has 0 saturated heterocycles. The molecule has 124 valence electrons. The Morgan fingerprint density at radius 1 is 0.750 bits per heavy atom. The van der Waals surface area contributed by atoms with E-state index < -0.39 is 0 Å². The Morgan fingerprint density at radius 2 is 1.30 bits per heavy atom. The Balaban J connectivity index is 0. The number of alkyl halides is 2. The molecule has 0 saturated carbocycles. The molecule has 0 bridgehead atoms. The van der Waals surface area contributed by atoms with E-state index in [2.05, 4.69) is 73.4 Å². The lowest BCUT2D eigenvalue weighted by atomic mass is 9.84. The zero-order chi connectivity index (χ0) is 16.0. The van der Waals surface area contributed by atoms with Crippen LogP contribution in [0.15, 0.2) is 0 Å². The van der Waals surface area contributed by atoms with E-state index in [0.717, 1.165) is 17.2 Å². The van der Waals surface area contributed by atoms with Crippen LogP contribution in [-0.2, 0) is 0 Å². The highest BCUT2D eigenvalue weighted by Crippen LogP contribution is 2.25. The zero-order valence-corrected chi connectivity index (χ0v) is 17.9. The van der Waals surface area contributed by atoms with Gasteiger partial charge in [0.05, 0.1) is 0 Å². The van der Waals surface area contributed by atoms with Gasteiger partial charge in [-0.3, -0.25) is 0 Å². The average Bonchev–Trinajstić information content (AvgIpc) is 2.27. The molecule has 0 aliphatic carbocycles. The fourth-order valence-electron chi connectivity index (χ4n) is 2.33. The molecule has 20 heavy (non-hydrogen) atoms. The Labute approximate surface area is 146 Å². The van der Waals surface area contributed by atoms with Gasteiger partial charge in [0.1, 0.15) is 0 Å². The third-order valence-corrected chi connectivity index (χ3v) is 4.25. The fourth-order valence-corrected chi connectivity index (χ4v) is 3.51. The highest BCUT2D eigenvalue weighted by Gasteiger charge is 2.14. The maximum Gasteiger partial charge on any atom is 0.00338 e. The Hall–Kier alpha value is 0.960. The second kappa shape index (κ2) is 14.9. The van der Waals surface area contributed by atoms with E-state index in [0.29, 0.717) is 5.41 Å². The quantitative estimate of drug-likeness (QED) is 0.266. The molecule has 0 radical (unpaired) electrons. The van der Waals surface area contributed by atoms with Gasteiger partial charge in [-0.05, 0) is 36.5 Å². The van der Waals surface area contributed by atoms with Crippen LogP contribution in [0, 0.1) is 17.3 Å². The summed E-state index contributed by atoms with van der Waals surface area (Å²) in [6, 6.07) is 0. The summed E-state index contributed by atoms with van der Waals surface area (Å²) in [5.74, 6) is 1.75. The van der Waals surface area contributed by atoms with Crippen molar-refractivity contribution < 1.29 is 0 Å². The minimum Gasteiger partial charge on any atom is -0.0928 e. The highest BCUT2D eigenvalue weighted by molar-refractivity contribution is 9.09. The average molecular weight is 414 g/mol. The summed E-state index contributed by atoms with van der Waals surface area (Å²) in [7, 11) is 0. The fraction of sp³-hybridized carbons (Fsp3) is 1.00. The number of hydrogen-bond acceptors (Lipinski definition) is 0. The maximum absolute atomic E-state index is 3.46. The van der Waals surface area contributed by atoms with Gasteiger partial charge >= 0.3 is 0 Å². The van der Waals surface area contributed by atoms with E-state index in [1.54, 1.807) is 0 Å². The van der Waals surface area contributed by atoms with Crippen molar-refractivity contribution in [1.82, 2.24) is 0 Å². The van der Waals surface area contributed by atoms with Crippen LogP contribution >= 0.6 is 31.9 Å². The van der Waals surface area contributed by atoms with Crippen LogP contribution in [0.2, 0.25) is 0 Å². The molecule has 0 nitrogen and oxygen atoms in total. The van der Waals surface area contributed by atoms with Crippen LogP contribution in [0.3, 0.4) is 0 Å². The molecule has 0 aromatic rings. The molecule has 0 rings (SSSR count). The third-order valence-electron chi connectivity index (χ3n) is 3.23. The summed E-state index contributed by atoms with van der Waals surface area (Å²) in [5, 5.41) is 2.32. The molecule has 0 aliphatic heterocycles. The van der Waals surface area contributed by atoms with Crippen molar-refractivity contribution in [3.05, 3.63) is 0 Å². The van der Waals surface area contributed by atoms with Gasteiger partial charge in [0.2, 0.25) is 0 Å². The zero-order valence-electron chi connectivity index (χ0n) is 14.8. The van der Waals surface area contributed by atoms with Gasteiger partial charge in [-0.2, -0.15) is 0 Å². The van der Waals surface area contributed by atoms with E-state index in [-0.39, 0.29) is 0 Å². The first-order chi connectivity index (χ1) is 9.22. The first-order valence-corrected chi connectivity index (χ1v) is 10.6. The molecule has 0 N–H and O–H groups in total. The second-order valence-electron chi connectivity index (χ2n) is 7.63. The predicted octanol–water partition coefficient (Wildman–Crippen LogP) is 7.83. The summed E-state index contributed by atoms with van der Waals surface area (Å²) in [6.07, 6.45) is 9.63. The molecule has 0 heterocycles. The van der Waals surface area contributed by atoms with Crippen LogP contribution in [0.1, 0.15) is 86.5 Å². The summed E-state index contributed by atoms with van der Waals surface area (Å²) in [4.78, 5) is 0. The second-order valence-corrected chi connectivity index (χ2v) is 9.22. The Bertz CT molecular complexity index is 182. The van der Waals surface area contributed by atoms with E-state index in [4.69, 9.17) is 0 Å². The monoisotopic (exact) mass is 412 g/mol. The Morgan fingerprint density at radius 3 is 1.70 bits per heavy atom. The van der Waals surface area contributed by atoms with E-state index in [1.165, 1.54) is 50.3 Å². The molecule has 0 aromatic heterocycles. The highest BCUT2D eigenvalue weighted by atomic mass is 79.9. The van der Waals surface area contributed by atoms with Gasteiger partial charge in [0.15, 0.2) is 0 Å². The number of unbranched alkanes of at least 4 members (excludes halogenated alkanes) is 3. The molecule has 1 unspecified atom stereocenters. The summed E-state index contributed by atoms with van der Waals surface area (Å²) in [6.45, 7) is 13.8. The summed E-state index contributed by atoms with van der Waals surface area (Å²) >= 11 is 6.89. The van der Waals surface area contributed by atoms with E-state index >= 15 is 0 Å². The number of rotatable bonds is 9. The molecule has 0 fully saturated rings. The SMILES string of the molecule is CC(C)CCCCCCBr.CC(CCBr)CC(C)(C)C. The van der Waals surface area contributed by atoms with Crippen LogP contribution in [0.5, 0.6) is 0 Å². The lowest BCUT2D eigenvalue weighted by Crippen LogP contribution is -2.11. The van der Waals surface area contributed by atoms with Gasteiger partial charge in [0.25, 0.3) is 0 Å². The molecular formula is C18H38Br2. The lowest BCUT2D eigenvalue weighted by Gasteiger charge is -2.22. The molecule has 0 aromatic carbocycles. The van der Waals surface area contributed by atoms with Crippen LogP contribution in [0.25, 0.3) is 0 Å². The van der Waals surface area contributed by atoms with Crippen LogP contribution in [-0.4, -0.2) is 10.7 Å². The number of halogens is 2. The predicted molar refractivity (Wildman–Crippen MR) is 103 cm³/mol.